The first kappa shape index (κ1) is 26.4. The highest BCUT2D eigenvalue weighted by Gasteiger charge is 2.26. The lowest BCUT2D eigenvalue weighted by molar-refractivity contribution is -0.147. The van der Waals surface area contributed by atoms with Crippen LogP contribution in [-0.4, -0.2) is 57.1 Å². The van der Waals surface area contributed by atoms with Crippen molar-refractivity contribution in [2.45, 2.75) is 57.8 Å². The third-order valence-electron chi connectivity index (χ3n) is 4.64. The van der Waals surface area contributed by atoms with Crippen LogP contribution in [0.3, 0.4) is 0 Å². The molecular weight excluding hydrogens is 410 g/mol. The van der Waals surface area contributed by atoms with Crippen LogP contribution in [0.15, 0.2) is 24.3 Å². The molecule has 0 radical (unpaired) electrons. The van der Waals surface area contributed by atoms with Gasteiger partial charge in [-0.3, -0.25) is 4.79 Å². The summed E-state index contributed by atoms with van der Waals surface area (Å²) in [6, 6.07) is 5.69. The summed E-state index contributed by atoms with van der Waals surface area (Å²) in [4.78, 5) is 24.5. The molecule has 1 aromatic carbocycles. The van der Waals surface area contributed by atoms with E-state index in [2.05, 4.69) is 5.32 Å². The molecule has 7 nitrogen and oxygen atoms in total. The topological polar surface area (TPSA) is 83.1 Å². The monoisotopic (exact) mass is 443 g/mol. The van der Waals surface area contributed by atoms with Crippen molar-refractivity contribution >= 4 is 23.5 Å². The molecule has 0 saturated heterocycles. The van der Waals surface area contributed by atoms with E-state index in [1.807, 2.05) is 27.7 Å². The number of hydrogen-bond acceptors (Lipinski definition) is 6. The van der Waals surface area contributed by atoms with Crippen molar-refractivity contribution in [2.24, 2.45) is 0 Å². The summed E-state index contributed by atoms with van der Waals surface area (Å²) in [6.45, 7) is 8.73. The van der Waals surface area contributed by atoms with Crippen molar-refractivity contribution in [3.8, 4) is 0 Å². The second-order valence-electron chi connectivity index (χ2n) is 8.22. The van der Waals surface area contributed by atoms with Crippen molar-refractivity contribution in [1.29, 1.82) is 0 Å². The number of hydrogen-bond donors (Lipinski definition) is 1. The van der Waals surface area contributed by atoms with Crippen molar-refractivity contribution in [2.75, 3.05) is 34.0 Å². The Balaban J connectivity index is 2.55. The maximum absolute atomic E-state index is 12.4. The number of esters is 1. The molecule has 170 valence electrons. The van der Waals surface area contributed by atoms with Crippen LogP contribution in [0.25, 0.3) is 0 Å². The van der Waals surface area contributed by atoms with Crippen LogP contribution in [0.2, 0.25) is 5.02 Å². The third kappa shape index (κ3) is 9.89. The van der Waals surface area contributed by atoms with Gasteiger partial charge in [-0.25, -0.2) is 4.79 Å². The number of carbonyl (C=O) groups excluding carboxylic acids is 2. The van der Waals surface area contributed by atoms with Crippen LogP contribution in [0.5, 0.6) is 0 Å². The molecule has 30 heavy (non-hydrogen) atoms. The van der Waals surface area contributed by atoms with E-state index in [0.29, 0.717) is 30.2 Å². The Morgan fingerprint density at radius 3 is 2.10 bits per heavy atom. The second-order valence-corrected chi connectivity index (χ2v) is 8.66. The number of carbonyl (C=O) groups is 2. The first-order valence-corrected chi connectivity index (χ1v) is 10.3. The maximum Gasteiger partial charge on any atom is 0.333 e. The van der Waals surface area contributed by atoms with Crippen molar-refractivity contribution < 1.29 is 28.5 Å². The molecule has 0 aliphatic heterocycles. The second kappa shape index (κ2) is 12.2. The van der Waals surface area contributed by atoms with Gasteiger partial charge < -0.3 is 24.3 Å². The Kier molecular flexibility index (Phi) is 10.8. The lowest BCUT2D eigenvalue weighted by Gasteiger charge is -2.29. The van der Waals surface area contributed by atoms with Crippen LogP contribution in [0.4, 0.5) is 0 Å². The normalized spacial score (nSPS) is 13.0. The quantitative estimate of drug-likeness (QED) is 0.468. The highest BCUT2D eigenvalue weighted by molar-refractivity contribution is 6.30. The van der Waals surface area contributed by atoms with E-state index in [1.54, 1.807) is 31.4 Å². The van der Waals surface area contributed by atoms with Crippen LogP contribution in [0, 0.1) is 0 Å². The predicted molar refractivity (Wildman–Crippen MR) is 116 cm³/mol. The molecule has 0 saturated carbocycles. The summed E-state index contributed by atoms with van der Waals surface area (Å²) in [7, 11) is 2.93. The fourth-order valence-corrected chi connectivity index (χ4v) is 2.71. The lowest BCUT2D eigenvalue weighted by Crippen LogP contribution is -2.39. The zero-order valence-corrected chi connectivity index (χ0v) is 19.5. The number of methoxy groups -OCH3 is 2. The fourth-order valence-electron chi connectivity index (χ4n) is 2.58. The van der Waals surface area contributed by atoms with Crippen LogP contribution in [-0.2, 0) is 28.5 Å². The van der Waals surface area contributed by atoms with Crippen LogP contribution in [0.1, 0.15) is 52.1 Å². The Bertz CT molecular complexity index is 675. The summed E-state index contributed by atoms with van der Waals surface area (Å²) in [6.07, 6.45) is 1.39. The Morgan fingerprint density at radius 1 is 0.967 bits per heavy atom. The van der Waals surface area contributed by atoms with Crippen molar-refractivity contribution in [1.82, 2.24) is 5.32 Å². The first-order chi connectivity index (χ1) is 14.0. The van der Waals surface area contributed by atoms with Crippen molar-refractivity contribution in [3.05, 3.63) is 34.9 Å². The number of benzene rings is 1. The molecular formula is C22H34ClNO6. The SMILES string of the molecule is COCCC(C)(C)OCCC(C)(C)OCC(=O)NC(C(=O)OC)c1ccc(Cl)cc1. The van der Waals surface area contributed by atoms with Crippen LogP contribution >= 0.6 is 11.6 Å². The molecule has 1 N–H and O–H groups in total. The number of ether oxygens (including phenoxy) is 4. The summed E-state index contributed by atoms with van der Waals surface area (Å²) < 4.78 is 21.6. The van der Waals surface area contributed by atoms with Gasteiger partial charge in [0.25, 0.3) is 0 Å². The van der Waals surface area contributed by atoms with Gasteiger partial charge in [-0.2, -0.15) is 0 Å². The van der Waals surface area contributed by atoms with Gasteiger partial charge in [0.15, 0.2) is 6.04 Å². The summed E-state index contributed by atoms with van der Waals surface area (Å²) >= 11 is 5.89. The molecule has 0 bridgehead atoms. The molecule has 1 amide bonds. The minimum Gasteiger partial charge on any atom is -0.467 e. The summed E-state index contributed by atoms with van der Waals surface area (Å²) in [5.41, 5.74) is -0.295. The molecule has 0 aromatic heterocycles. The van der Waals surface area contributed by atoms with E-state index in [0.717, 1.165) is 6.42 Å². The first-order valence-electron chi connectivity index (χ1n) is 9.89. The van der Waals surface area contributed by atoms with Crippen molar-refractivity contribution in [3.63, 3.8) is 0 Å². The van der Waals surface area contributed by atoms with Crippen LogP contribution < -0.4 is 5.32 Å². The predicted octanol–water partition coefficient (Wildman–Crippen LogP) is 3.69. The molecule has 0 aliphatic carbocycles. The van der Waals surface area contributed by atoms with Gasteiger partial charge in [0.2, 0.25) is 5.91 Å². The summed E-state index contributed by atoms with van der Waals surface area (Å²) in [5, 5.41) is 3.19. The van der Waals surface area contributed by atoms with E-state index in [-0.39, 0.29) is 12.2 Å². The molecule has 0 aliphatic rings. The Labute approximate surface area is 184 Å². The van der Waals surface area contributed by atoms with E-state index in [4.69, 9.17) is 30.5 Å². The van der Waals surface area contributed by atoms with Gasteiger partial charge >= 0.3 is 5.97 Å². The molecule has 1 atom stereocenters. The number of nitrogens with one attached hydrogen (secondary N) is 1. The highest BCUT2D eigenvalue weighted by atomic mass is 35.5. The van der Waals surface area contributed by atoms with Gasteiger partial charge in [-0.1, -0.05) is 23.7 Å². The highest BCUT2D eigenvalue weighted by Crippen LogP contribution is 2.20. The minimum atomic E-state index is -0.934. The molecule has 1 rings (SSSR count). The molecule has 0 spiro atoms. The Morgan fingerprint density at radius 2 is 1.53 bits per heavy atom. The number of halogens is 1. The molecule has 0 heterocycles. The lowest BCUT2D eigenvalue weighted by atomic mass is 10.0. The number of rotatable bonds is 13. The van der Waals surface area contributed by atoms with Gasteiger partial charge in [0.05, 0.1) is 24.9 Å². The molecule has 0 fully saturated rings. The summed E-state index contributed by atoms with van der Waals surface area (Å²) in [5.74, 6) is -0.994. The largest absolute Gasteiger partial charge is 0.467 e. The average molecular weight is 444 g/mol. The van der Waals surface area contributed by atoms with E-state index < -0.39 is 23.5 Å². The maximum atomic E-state index is 12.4. The molecule has 8 heteroatoms. The Hall–Kier alpha value is -1.67. The third-order valence-corrected chi connectivity index (χ3v) is 4.90. The van der Waals surface area contributed by atoms with Gasteiger partial charge in [0.1, 0.15) is 6.61 Å². The van der Waals surface area contributed by atoms with E-state index in [1.165, 1.54) is 7.11 Å². The zero-order chi connectivity index (χ0) is 22.8. The average Bonchev–Trinajstić information content (AvgIpc) is 2.69. The van der Waals surface area contributed by atoms with Gasteiger partial charge in [0, 0.05) is 18.7 Å². The fraction of sp³-hybridized carbons (Fsp3) is 0.636. The molecule has 1 unspecified atom stereocenters. The smallest absolute Gasteiger partial charge is 0.333 e. The molecule has 1 aromatic rings. The minimum absolute atomic E-state index is 0.193. The van der Waals surface area contributed by atoms with E-state index in [9.17, 15) is 9.59 Å². The van der Waals surface area contributed by atoms with Gasteiger partial charge in [-0.05, 0) is 58.2 Å². The zero-order valence-electron chi connectivity index (χ0n) is 18.7. The standard InChI is InChI=1S/C22H34ClNO6/c1-21(2,11-13-27-5)29-14-12-22(3,4)30-15-18(25)24-19(20(26)28-6)16-7-9-17(23)10-8-16/h7-10,19H,11-15H2,1-6H3,(H,24,25). The van der Waals surface area contributed by atoms with Gasteiger partial charge in [-0.15, -0.1) is 0 Å². The number of amides is 1. The van der Waals surface area contributed by atoms with E-state index >= 15 is 0 Å².